The van der Waals surface area contributed by atoms with Crippen LogP contribution in [-0.4, -0.2) is 34.8 Å². The summed E-state index contributed by atoms with van der Waals surface area (Å²) >= 11 is 0. The number of carbonyl (C=O) groups is 3. The van der Waals surface area contributed by atoms with E-state index in [2.05, 4.69) is 10.6 Å². The average Bonchev–Trinajstić information content (AvgIpc) is 3.33. The van der Waals surface area contributed by atoms with Crippen LogP contribution in [0.5, 0.6) is 0 Å². The van der Waals surface area contributed by atoms with Crippen molar-refractivity contribution in [3.05, 3.63) is 90.0 Å². The van der Waals surface area contributed by atoms with Gasteiger partial charge in [-0.15, -0.1) is 0 Å². The van der Waals surface area contributed by atoms with E-state index in [1.807, 2.05) is 68.4 Å². The number of furan rings is 1. The molecule has 1 atom stereocenters. The highest BCUT2D eigenvalue weighted by Gasteiger charge is 2.20. The zero-order chi connectivity index (χ0) is 27.1. The van der Waals surface area contributed by atoms with Crippen molar-refractivity contribution in [3.63, 3.8) is 0 Å². The first-order valence-electron chi connectivity index (χ1n) is 12.8. The van der Waals surface area contributed by atoms with Crippen LogP contribution in [0.4, 0.5) is 5.69 Å². The molecule has 1 aromatic heterocycles. The number of benzene rings is 3. The number of hydrogen-bond donors (Lipinski definition) is 3. The van der Waals surface area contributed by atoms with E-state index in [0.29, 0.717) is 18.4 Å². The highest BCUT2D eigenvalue weighted by Crippen LogP contribution is 2.28. The van der Waals surface area contributed by atoms with Crippen LogP contribution in [0.25, 0.3) is 22.3 Å². The van der Waals surface area contributed by atoms with Crippen LogP contribution in [0.15, 0.2) is 83.3 Å². The standard InChI is InChI=1S/C31H32N2O5/c1-20(2)32-31(37)26(33-25-16-14-22(15-17-25)27(34)7-5-9-30(35)36)18-21-10-12-23(13-11-21)29-19-24-6-3-4-8-28(24)38-29/h3-4,6,8,10-17,19-20,26,33H,5,7,9,18H2,1-2H3,(H,32,37)(H,35,36)/t26-/m1/s1. The zero-order valence-electron chi connectivity index (χ0n) is 21.6. The number of nitrogens with one attached hydrogen (secondary N) is 2. The van der Waals surface area contributed by atoms with E-state index in [4.69, 9.17) is 9.52 Å². The van der Waals surface area contributed by atoms with Gasteiger partial charge in [0.15, 0.2) is 5.78 Å². The molecule has 0 aliphatic rings. The summed E-state index contributed by atoms with van der Waals surface area (Å²) in [5.41, 5.74) is 4.03. The fourth-order valence-corrected chi connectivity index (χ4v) is 4.26. The van der Waals surface area contributed by atoms with E-state index in [1.165, 1.54) is 0 Å². The number of carboxylic acids is 1. The lowest BCUT2D eigenvalue weighted by Gasteiger charge is -2.21. The molecule has 0 bridgehead atoms. The summed E-state index contributed by atoms with van der Waals surface area (Å²) in [5.74, 6) is -0.332. The van der Waals surface area contributed by atoms with Crippen molar-refractivity contribution in [3.8, 4) is 11.3 Å². The summed E-state index contributed by atoms with van der Waals surface area (Å²) < 4.78 is 5.97. The average molecular weight is 513 g/mol. The van der Waals surface area contributed by atoms with Crippen LogP contribution in [-0.2, 0) is 16.0 Å². The van der Waals surface area contributed by atoms with Crippen molar-refractivity contribution in [2.75, 3.05) is 5.32 Å². The number of carboxylic acid groups (broad SMARTS) is 1. The molecule has 0 aliphatic carbocycles. The van der Waals surface area contributed by atoms with E-state index in [0.717, 1.165) is 33.5 Å². The van der Waals surface area contributed by atoms with E-state index >= 15 is 0 Å². The van der Waals surface area contributed by atoms with Gasteiger partial charge in [0.1, 0.15) is 17.4 Å². The molecule has 3 N–H and O–H groups in total. The van der Waals surface area contributed by atoms with Crippen molar-refractivity contribution < 1.29 is 23.9 Å². The lowest BCUT2D eigenvalue weighted by molar-refractivity contribution is -0.137. The zero-order valence-corrected chi connectivity index (χ0v) is 21.6. The molecule has 0 unspecified atom stereocenters. The normalized spacial score (nSPS) is 11.9. The van der Waals surface area contributed by atoms with Crippen LogP contribution < -0.4 is 10.6 Å². The minimum Gasteiger partial charge on any atom is -0.481 e. The number of anilines is 1. The van der Waals surface area contributed by atoms with Crippen molar-refractivity contribution >= 4 is 34.3 Å². The van der Waals surface area contributed by atoms with Crippen molar-refractivity contribution in [2.45, 2.75) is 51.6 Å². The number of fused-ring (bicyclic) bond motifs is 1. The van der Waals surface area contributed by atoms with Gasteiger partial charge in [-0.25, -0.2) is 0 Å². The number of ketones is 1. The summed E-state index contributed by atoms with van der Waals surface area (Å²) in [7, 11) is 0. The molecule has 0 saturated heterocycles. The fourth-order valence-electron chi connectivity index (χ4n) is 4.26. The molecule has 0 radical (unpaired) electrons. The predicted molar refractivity (Wildman–Crippen MR) is 148 cm³/mol. The van der Waals surface area contributed by atoms with Gasteiger partial charge in [0.05, 0.1) is 0 Å². The molecule has 3 aromatic carbocycles. The number of Topliss-reactive ketones (excluding diaryl/α,β-unsaturated/α-hetero) is 1. The number of aliphatic carboxylic acids is 1. The van der Waals surface area contributed by atoms with Crippen molar-refractivity contribution in [1.82, 2.24) is 5.32 Å². The van der Waals surface area contributed by atoms with Gasteiger partial charge in [-0.2, -0.15) is 0 Å². The SMILES string of the molecule is CC(C)NC(=O)[C@@H](Cc1ccc(-c2cc3ccccc3o2)cc1)Nc1ccc(C(=O)CCCC(=O)O)cc1. The maximum atomic E-state index is 13.0. The predicted octanol–water partition coefficient (Wildman–Crippen LogP) is 6.09. The number of rotatable bonds is 12. The number of carbonyl (C=O) groups excluding carboxylic acids is 2. The second-order valence-electron chi connectivity index (χ2n) is 9.66. The van der Waals surface area contributed by atoms with Crippen LogP contribution in [0, 0.1) is 0 Å². The molecule has 0 saturated carbocycles. The summed E-state index contributed by atoms with van der Waals surface area (Å²) in [5, 5.41) is 16.1. The largest absolute Gasteiger partial charge is 0.481 e. The molecule has 4 rings (SSSR count). The van der Waals surface area contributed by atoms with Crippen molar-refractivity contribution in [2.24, 2.45) is 0 Å². The minimum absolute atomic E-state index is 0.00643. The highest BCUT2D eigenvalue weighted by atomic mass is 16.4. The lowest BCUT2D eigenvalue weighted by Crippen LogP contribution is -2.43. The Bertz CT molecular complexity index is 1370. The number of para-hydroxylation sites is 1. The van der Waals surface area contributed by atoms with Crippen LogP contribution in [0.3, 0.4) is 0 Å². The Morgan fingerprint density at radius 2 is 1.61 bits per heavy atom. The van der Waals surface area contributed by atoms with E-state index < -0.39 is 12.0 Å². The quantitative estimate of drug-likeness (QED) is 0.198. The third-order valence-corrected chi connectivity index (χ3v) is 6.19. The third kappa shape index (κ3) is 7.09. The van der Waals surface area contributed by atoms with Gasteiger partial charge in [0.25, 0.3) is 0 Å². The summed E-state index contributed by atoms with van der Waals surface area (Å²) in [4.78, 5) is 36.0. The Kier molecular flexibility index (Phi) is 8.58. The molecule has 7 heteroatoms. The Labute approximate surface area is 221 Å². The molecule has 7 nitrogen and oxygen atoms in total. The topological polar surface area (TPSA) is 109 Å². The first-order valence-corrected chi connectivity index (χ1v) is 12.8. The van der Waals surface area contributed by atoms with Gasteiger partial charge < -0.3 is 20.2 Å². The molecular weight excluding hydrogens is 480 g/mol. The van der Waals surface area contributed by atoms with Crippen LogP contribution in [0.1, 0.15) is 49.0 Å². The lowest BCUT2D eigenvalue weighted by atomic mass is 10.0. The molecule has 0 aliphatic heterocycles. The Balaban J connectivity index is 1.45. The smallest absolute Gasteiger partial charge is 0.303 e. The van der Waals surface area contributed by atoms with Crippen molar-refractivity contribution in [1.29, 1.82) is 0 Å². The first kappa shape index (κ1) is 26.7. The Hall–Kier alpha value is -4.39. The molecule has 38 heavy (non-hydrogen) atoms. The molecular formula is C31H32N2O5. The Morgan fingerprint density at radius 1 is 0.895 bits per heavy atom. The Morgan fingerprint density at radius 3 is 2.26 bits per heavy atom. The van der Waals surface area contributed by atoms with Gasteiger partial charge in [-0.3, -0.25) is 14.4 Å². The highest BCUT2D eigenvalue weighted by molar-refractivity contribution is 5.96. The fraction of sp³-hybridized carbons (Fsp3) is 0.258. The molecule has 196 valence electrons. The maximum Gasteiger partial charge on any atom is 0.303 e. The van der Waals surface area contributed by atoms with Gasteiger partial charge in [0.2, 0.25) is 5.91 Å². The summed E-state index contributed by atoms with van der Waals surface area (Å²) in [6, 6.07) is 24.3. The third-order valence-electron chi connectivity index (χ3n) is 6.19. The van der Waals surface area contributed by atoms with E-state index in [9.17, 15) is 14.4 Å². The first-order chi connectivity index (χ1) is 18.3. The van der Waals surface area contributed by atoms with E-state index in [-0.39, 0.29) is 30.6 Å². The molecule has 1 amide bonds. The monoisotopic (exact) mass is 512 g/mol. The van der Waals surface area contributed by atoms with Crippen LogP contribution in [0.2, 0.25) is 0 Å². The maximum absolute atomic E-state index is 13.0. The second-order valence-corrected chi connectivity index (χ2v) is 9.66. The summed E-state index contributed by atoms with van der Waals surface area (Å²) in [6.45, 7) is 3.84. The molecule has 0 spiro atoms. The molecule has 1 heterocycles. The summed E-state index contributed by atoms with van der Waals surface area (Å²) in [6.07, 6.45) is 0.926. The van der Waals surface area contributed by atoms with Crippen LogP contribution >= 0.6 is 0 Å². The van der Waals surface area contributed by atoms with E-state index in [1.54, 1.807) is 24.3 Å². The number of amides is 1. The second kappa shape index (κ2) is 12.2. The molecule has 4 aromatic rings. The van der Waals surface area contributed by atoms with Gasteiger partial charge in [-0.1, -0.05) is 42.5 Å². The number of hydrogen-bond acceptors (Lipinski definition) is 5. The minimum atomic E-state index is -0.910. The van der Waals surface area contributed by atoms with Gasteiger partial charge >= 0.3 is 5.97 Å². The van der Waals surface area contributed by atoms with Gasteiger partial charge in [-0.05, 0) is 62.2 Å². The van der Waals surface area contributed by atoms with Gasteiger partial charge in [0, 0.05) is 47.5 Å². The molecule has 0 fully saturated rings.